The normalized spacial score (nSPS) is 11.0. The molecule has 0 saturated carbocycles. The molecule has 0 atom stereocenters. The van der Waals surface area contributed by atoms with Crippen molar-refractivity contribution >= 4 is 39.5 Å². The first-order chi connectivity index (χ1) is 10.0. The molecule has 0 aliphatic heterocycles. The maximum atomic E-state index is 10.8. The maximum Gasteiger partial charge on any atom is 0.270 e. The number of nitro benzene ring substituents is 1. The lowest BCUT2D eigenvalue weighted by atomic mass is 10.2. The van der Waals surface area contributed by atoms with Crippen molar-refractivity contribution in [3.63, 3.8) is 0 Å². The van der Waals surface area contributed by atoms with E-state index in [1.807, 2.05) is 28.7 Å². The van der Waals surface area contributed by atoms with Gasteiger partial charge in [-0.3, -0.25) is 10.1 Å². The number of allylic oxidation sites excluding steroid dienone is 1. The quantitative estimate of drug-likeness (QED) is 0.349. The highest BCUT2D eigenvalue weighted by Gasteiger charge is 2.13. The van der Waals surface area contributed by atoms with Gasteiger partial charge in [-0.05, 0) is 40.3 Å². The van der Waals surface area contributed by atoms with Crippen LogP contribution in [0.3, 0.4) is 0 Å². The summed E-state index contributed by atoms with van der Waals surface area (Å²) in [6.07, 6.45) is 1.43. The van der Waals surface area contributed by atoms with E-state index >= 15 is 0 Å². The minimum atomic E-state index is -0.450. The molecule has 0 fully saturated rings. The number of aromatic nitrogens is 4. The van der Waals surface area contributed by atoms with E-state index in [2.05, 4.69) is 25.9 Å². The molecule has 106 valence electrons. The Morgan fingerprint density at radius 2 is 2.38 bits per heavy atom. The summed E-state index contributed by atoms with van der Waals surface area (Å²) in [7, 11) is 0. The largest absolute Gasteiger partial charge is 0.359 e. The van der Waals surface area contributed by atoms with E-state index in [0.29, 0.717) is 14.8 Å². The van der Waals surface area contributed by atoms with Gasteiger partial charge in [-0.25, -0.2) is 0 Å². The van der Waals surface area contributed by atoms with Crippen LogP contribution in [0.5, 0.6) is 0 Å². The minimum absolute atomic E-state index is 0.0186. The predicted octanol–water partition coefficient (Wildman–Crippen LogP) is 2.00. The van der Waals surface area contributed by atoms with Gasteiger partial charge in [0.1, 0.15) is 11.6 Å². The molecular weight excluding hydrogens is 389 g/mol. The smallest absolute Gasteiger partial charge is 0.270 e. The summed E-state index contributed by atoms with van der Waals surface area (Å²) in [5, 5.41) is 35.9. The molecule has 1 heterocycles. The Morgan fingerprint density at radius 1 is 1.62 bits per heavy atom. The number of halogens is 1. The van der Waals surface area contributed by atoms with Gasteiger partial charge in [0.2, 0.25) is 5.82 Å². The molecule has 0 spiro atoms. The lowest BCUT2D eigenvalue weighted by molar-refractivity contribution is -0.385. The lowest BCUT2D eigenvalue weighted by Gasteiger charge is -2.08. The van der Waals surface area contributed by atoms with E-state index in [0.717, 1.165) is 0 Å². The molecule has 9 nitrogen and oxygen atoms in total. The summed E-state index contributed by atoms with van der Waals surface area (Å²) >= 11 is 1.99. The molecule has 2 N–H and O–H groups in total. The topological polar surface area (TPSA) is 133 Å². The van der Waals surface area contributed by atoms with Gasteiger partial charge in [0.25, 0.3) is 5.69 Å². The summed E-state index contributed by atoms with van der Waals surface area (Å²) in [6.45, 7) is 1.74. The first kappa shape index (κ1) is 14.9. The minimum Gasteiger partial charge on any atom is -0.359 e. The summed E-state index contributed by atoms with van der Waals surface area (Å²) in [5.41, 5.74) is 1.58. The second kappa shape index (κ2) is 6.27. The molecule has 1 aromatic carbocycles. The molecule has 0 unspecified atom stereocenters. The first-order valence-electron chi connectivity index (χ1n) is 5.58. The van der Waals surface area contributed by atoms with Crippen LogP contribution in [0.15, 0.2) is 18.3 Å². The first-order valence-corrected chi connectivity index (χ1v) is 6.66. The van der Waals surface area contributed by atoms with Gasteiger partial charge >= 0.3 is 0 Å². The molecule has 2 aromatic rings. The zero-order chi connectivity index (χ0) is 15.4. The highest BCUT2D eigenvalue weighted by molar-refractivity contribution is 14.1. The number of benzene rings is 1. The number of aromatic amines is 1. The number of nitriles is 1. The average Bonchev–Trinajstić information content (AvgIpc) is 2.95. The third-order valence-electron chi connectivity index (χ3n) is 2.55. The number of rotatable bonds is 4. The molecule has 0 saturated heterocycles. The third kappa shape index (κ3) is 3.31. The van der Waals surface area contributed by atoms with Crippen LogP contribution >= 0.6 is 22.6 Å². The van der Waals surface area contributed by atoms with Crippen LogP contribution in [0.4, 0.5) is 11.4 Å². The Bertz CT molecular complexity index is 725. The van der Waals surface area contributed by atoms with Gasteiger partial charge in [0.15, 0.2) is 0 Å². The molecular formula is C11H8IN7O2. The Kier molecular flexibility index (Phi) is 4.43. The third-order valence-corrected chi connectivity index (χ3v) is 3.40. The van der Waals surface area contributed by atoms with Gasteiger partial charge in [-0.15, -0.1) is 10.2 Å². The average molecular weight is 397 g/mol. The zero-order valence-electron chi connectivity index (χ0n) is 10.7. The van der Waals surface area contributed by atoms with E-state index in [9.17, 15) is 10.1 Å². The summed E-state index contributed by atoms with van der Waals surface area (Å²) < 4.78 is 0.668. The van der Waals surface area contributed by atoms with Crippen LogP contribution < -0.4 is 5.32 Å². The van der Waals surface area contributed by atoms with Gasteiger partial charge in [0.05, 0.1) is 10.6 Å². The van der Waals surface area contributed by atoms with Crippen LogP contribution in [0.1, 0.15) is 11.4 Å². The van der Waals surface area contributed by atoms with Crippen molar-refractivity contribution in [3.8, 4) is 6.07 Å². The number of H-pyrrole nitrogens is 1. The van der Waals surface area contributed by atoms with Crippen molar-refractivity contribution < 1.29 is 4.92 Å². The number of nitrogens with zero attached hydrogens (tertiary/aromatic N) is 5. The molecule has 0 bridgehead atoms. The predicted molar refractivity (Wildman–Crippen MR) is 81.9 cm³/mol. The Balaban J connectivity index is 2.32. The lowest BCUT2D eigenvalue weighted by Crippen LogP contribution is -1.99. The van der Waals surface area contributed by atoms with Crippen LogP contribution in [0, 0.1) is 31.9 Å². The fourth-order valence-corrected chi connectivity index (χ4v) is 2.48. The number of tetrazole rings is 1. The van der Waals surface area contributed by atoms with E-state index in [4.69, 9.17) is 5.26 Å². The van der Waals surface area contributed by atoms with E-state index in [1.165, 1.54) is 18.3 Å². The van der Waals surface area contributed by atoms with E-state index in [-0.39, 0.29) is 17.1 Å². The molecule has 10 heteroatoms. The number of anilines is 1. The van der Waals surface area contributed by atoms with Crippen molar-refractivity contribution in [2.45, 2.75) is 6.92 Å². The van der Waals surface area contributed by atoms with Gasteiger partial charge in [-0.2, -0.15) is 10.5 Å². The van der Waals surface area contributed by atoms with Crippen molar-refractivity contribution in [1.29, 1.82) is 5.26 Å². The van der Waals surface area contributed by atoms with Crippen LogP contribution in [0.2, 0.25) is 0 Å². The van der Waals surface area contributed by atoms with Crippen molar-refractivity contribution in [2.24, 2.45) is 0 Å². The SMILES string of the molecule is Cc1cc([N+](=O)[O-])cc(I)c1NC=C(C#N)c1nn[nH]n1. The van der Waals surface area contributed by atoms with E-state index < -0.39 is 4.92 Å². The summed E-state index contributed by atoms with van der Waals surface area (Å²) in [5.74, 6) is 0.166. The van der Waals surface area contributed by atoms with Crippen molar-refractivity contribution in [3.05, 3.63) is 43.4 Å². The highest BCUT2D eigenvalue weighted by atomic mass is 127. The molecule has 2 rings (SSSR count). The van der Waals surface area contributed by atoms with Crippen molar-refractivity contribution in [2.75, 3.05) is 5.32 Å². The zero-order valence-corrected chi connectivity index (χ0v) is 12.8. The molecule has 0 amide bonds. The van der Waals surface area contributed by atoms with Crippen LogP contribution in [-0.4, -0.2) is 25.5 Å². The molecule has 0 aliphatic rings. The maximum absolute atomic E-state index is 10.8. The van der Waals surface area contributed by atoms with Crippen LogP contribution in [-0.2, 0) is 0 Å². The summed E-state index contributed by atoms with van der Waals surface area (Å²) in [4.78, 5) is 10.3. The monoisotopic (exact) mass is 397 g/mol. The molecule has 0 aliphatic carbocycles. The molecule has 21 heavy (non-hydrogen) atoms. The van der Waals surface area contributed by atoms with Crippen molar-refractivity contribution in [1.82, 2.24) is 20.6 Å². The fraction of sp³-hybridized carbons (Fsp3) is 0.0909. The van der Waals surface area contributed by atoms with Gasteiger partial charge in [0, 0.05) is 21.9 Å². The van der Waals surface area contributed by atoms with Crippen LogP contribution in [0.25, 0.3) is 5.57 Å². The number of non-ortho nitro benzene ring substituents is 1. The molecule has 1 aromatic heterocycles. The molecule has 0 radical (unpaired) electrons. The van der Waals surface area contributed by atoms with E-state index in [1.54, 1.807) is 6.92 Å². The fourth-order valence-electron chi connectivity index (χ4n) is 1.58. The Labute approximate surface area is 132 Å². The standard InChI is InChI=1S/C11H8IN7O2/c1-6-2-8(19(20)21)3-9(12)10(6)14-5-7(4-13)11-15-17-18-16-11/h2-3,5,14H,1H3,(H,15,16,17,18). The Morgan fingerprint density at radius 3 is 2.90 bits per heavy atom. The van der Waals surface area contributed by atoms with Gasteiger partial charge in [-0.1, -0.05) is 0 Å². The van der Waals surface area contributed by atoms with Gasteiger partial charge < -0.3 is 5.32 Å². The number of nitro groups is 1. The number of nitrogens with one attached hydrogen (secondary N) is 2. The number of hydrogen-bond donors (Lipinski definition) is 2. The number of hydrogen-bond acceptors (Lipinski definition) is 7. The second-order valence-corrected chi connectivity index (χ2v) is 5.09. The highest BCUT2D eigenvalue weighted by Crippen LogP contribution is 2.28. The summed E-state index contributed by atoms with van der Waals surface area (Å²) in [6, 6.07) is 4.85. The second-order valence-electron chi connectivity index (χ2n) is 3.93. The number of aryl methyl sites for hydroxylation is 1. The Hall–Kier alpha value is -2.55.